The lowest BCUT2D eigenvalue weighted by atomic mass is 9.88. The van der Waals surface area contributed by atoms with Crippen molar-refractivity contribution in [3.63, 3.8) is 0 Å². The molecule has 2 rings (SSSR count). The number of halogens is 1. The second-order valence-corrected chi connectivity index (χ2v) is 5.96. The summed E-state index contributed by atoms with van der Waals surface area (Å²) in [6.07, 6.45) is 0.894. The highest BCUT2D eigenvalue weighted by molar-refractivity contribution is 6.30. The van der Waals surface area contributed by atoms with Gasteiger partial charge in [0.05, 0.1) is 12.0 Å². The molecule has 0 aliphatic carbocycles. The van der Waals surface area contributed by atoms with E-state index in [1.54, 1.807) is 17.0 Å². The van der Waals surface area contributed by atoms with Crippen LogP contribution in [-0.2, 0) is 4.79 Å². The largest absolute Gasteiger partial charge is 0.492 e. The summed E-state index contributed by atoms with van der Waals surface area (Å²) in [5.74, 6) is 0.907. The second kappa shape index (κ2) is 6.46. The fraction of sp³-hybridized carbons (Fsp3) is 0.533. The van der Waals surface area contributed by atoms with E-state index in [-0.39, 0.29) is 11.3 Å². The summed E-state index contributed by atoms with van der Waals surface area (Å²) >= 11 is 5.89. The average Bonchev–Trinajstić information content (AvgIpc) is 2.86. The van der Waals surface area contributed by atoms with E-state index in [0.29, 0.717) is 18.2 Å². The molecule has 20 heavy (non-hydrogen) atoms. The highest BCUT2D eigenvalue weighted by Gasteiger charge is 2.37. The van der Waals surface area contributed by atoms with Crippen molar-refractivity contribution in [3.8, 4) is 5.75 Å². The maximum atomic E-state index is 12.4. The molecule has 1 heterocycles. The number of hydrogen-bond donors (Lipinski definition) is 1. The monoisotopic (exact) mass is 296 g/mol. The van der Waals surface area contributed by atoms with E-state index in [0.717, 1.165) is 25.3 Å². The second-order valence-electron chi connectivity index (χ2n) is 5.52. The minimum Gasteiger partial charge on any atom is -0.492 e. The molecule has 1 aromatic rings. The van der Waals surface area contributed by atoms with E-state index < -0.39 is 0 Å². The van der Waals surface area contributed by atoms with Crippen molar-refractivity contribution in [2.24, 2.45) is 5.41 Å². The minimum atomic E-state index is -0.273. The number of hydrogen-bond acceptors (Lipinski definition) is 3. The van der Waals surface area contributed by atoms with Crippen LogP contribution in [0.3, 0.4) is 0 Å². The van der Waals surface area contributed by atoms with E-state index in [2.05, 4.69) is 5.32 Å². The van der Waals surface area contributed by atoms with Crippen LogP contribution in [-0.4, -0.2) is 44.1 Å². The Morgan fingerprint density at radius 1 is 1.55 bits per heavy atom. The first-order chi connectivity index (χ1) is 9.51. The van der Waals surface area contributed by atoms with Crippen LogP contribution >= 0.6 is 11.6 Å². The average molecular weight is 297 g/mol. The van der Waals surface area contributed by atoms with Gasteiger partial charge in [0.25, 0.3) is 0 Å². The quantitative estimate of drug-likeness (QED) is 0.905. The molecule has 1 aliphatic heterocycles. The van der Waals surface area contributed by atoms with Gasteiger partial charge >= 0.3 is 0 Å². The molecule has 0 aromatic heterocycles. The molecule has 0 radical (unpaired) electrons. The van der Waals surface area contributed by atoms with Gasteiger partial charge in [-0.15, -0.1) is 0 Å². The van der Waals surface area contributed by atoms with E-state index in [9.17, 15) is 4.79 Å². The van der Waals surface area contributed by atoms with Crippen molar-refractivity contribution in [1.82, 2.24) is 10.2 Å². The number of ether oxygens (including phenoxy) is 1. The van der Waals surface area contributed by atoms with Crippen molar-refractivity contribution in [2.45, 2.75) is 13.3 Å². The predicted octanol–water partition coefficient (Wildman–Crippen LogP) is 2.18. The summed E-state index contributed by atoms with van der Waals surface area (Å²) in [5, 5.41) is 3.89. The Morgan fingerprint density at radius 3 is 3.00 bits per heavy atom. The third kappa shape index (κ3) is 3.64. The summed E-state index contributed by atoms with van der Waals surface area (Å²) in [4.78, 5) is 14.1. The molecule has 1 aromatic carbocycles. The van der Waals surface area contributed by atoms with Crippen LogP contribution in [0.4, 0.5) is 0 Å². The summed E-state index contributed by atoms with van der Waals surface area (Å²) in [7, 11) is 1.83. The standard InChI is InChI=1S/C15H21ClN2O2/c1-15(6-7-17-11-15)14(19)18(2)8-9-20-13-5-3-4-12(16)10-13/h3-5,10,17H,6-9,11H2,1-2H3. The lowest BCUT2D eigenvalue weighted by molar-refractivity contribution is -0.139. The molecular formula is C15H21ClN2O2. The molecule has 1 atom stereocenters. The molecular weight excluding hydrogens is 276 g/mol. The zero-order valence-electron chi connectivity index (χ0n) is 12.0. The van der Waals surface area contributed by atoms with Crippen LogP contribution in [0.2, 0.25) is 5.02 Å². The van der Waals surface area contributed by atoms with Gasteiger partial charge in [-0.05, 0) is 38.1 Å². The summed E-state index contributed by atoms with van der Waals surface area (Å²) in [6.45, 7) is 4.72. The van der Waals surface area contributed by atoms with Crippen molar-refractivity contribution >= 4 is 17.5 Å². The molecule has 4 nitrogen and oxygen atoms in total. The van der Waals surface area contributed by atoms with E-state index >= 15 is 0 Å². The molecule has 110 valence electrons. The van der Waals surface area contributed by atoms with Crippen LogP contribution in [0, 0.1) is 5.41 Å². The molecule has 0 saturated carbocycles. The molecule has 1 fully saturated rings. The van der Waals surface area contributed by atoms with E-state index in [1.165, 1.54) is 0 Å². The Balaban J connectivity index is 1.80. The normalized spacial score (nSPS) is 21.8. The van der Waals surface area contributed by atoms with Gasteiger partial charge in [0.1, 0.15) is 12.4 Å². The predicted molar refractivity (Wildman–Crippen MR) is 80.2 cm³/mol. The SMILES string of the molecule is CN(CCOc1cccc(Cl)c1)C(=O)C1(C)CCNC1. The lowest BCUT2D eigenvalue weighted by Crippen LogP contribution is -2.43. The van der Waals surface area contributed by atoms with Gasteiger partial charge in [0.15, 0.2) is 0 Å². The number of rotatable bonds is 5. The molecule has 1 aliphatic rings. The van der Waals surface area contributed by atoms with Gasteiger partial charge in [0, 0.05) is 18.6 Å². The summed E-state index contributed by atoms with van der Waals surface area (Å²) in [6, 6.07) is 7.28. The Bertz CT molecular complexity index is 473. The Labute approximate surface area is 125 Å². The molecule has 0 bridgehead atoms. The third-order valence-corrected chi connectivity index (χ3v) is 3.96. The van der Waals surface area contributed by atoms with Crippen molar-refractivity contribution in [1.29, 1.82) is 0 Å². The lowest BCUT2D eigenvalue weighted by Gasteiger charge is -2.28. The molecule has 1 unspecified atom stereocenters. The van der Waals surface area contributed by atoms with Crippen LogP contribution in [0.25, 0.3) is 0 Å². The maximum Gasteiger partial charge on any atom is 0.229 e. The van der Waals surface area contributed by atoms with Gasteiger partial charge in [-0.3, -0.25) is 4.79 Å². The first-order valence-electron chi connectivity index (χ1n) is 6.86. The fourth-order valence-electron chi connectivity index (χ4n) is 2.42. The van der Waals surface area contributed by atoms with Crippen LogP contribution < -0.4 is 10.1 Å². The number of carbonyl (C=O) groups is 1. The highest BCUT2D eigenvalue weighted by Crippen LogP contribution is 2.26. The molecule has 0 spiro atoms. The van der Waals surface area contributed by atoms with Crippen LogP contribution in [0.15, 0.2) is 24.3 Å². The van der Waals surface area contributed by atoms with E-state index in [4.69, 9.17) is 16.3 Å². The van der Waals surface area contributed by atoms with E-state index in [1.807, 2.05) is 26.1 Å². The van der Waals surface area contributed by atoms with Crippen LogP contribution in [0.1, 0.15) is 13.3 Å². The first kappa shape index (κ1) is 15.1. The van der Waals surface area contributed by atoms with Gasteiger partial charge in [-0.25, -0.2) is 0 Å². The maximum absolute atomic E-state index is 12.4. The van der Waals surface area contributed by atoms with Crippen molar-refractivity contribution in [3.05, 3.63) is 29.3 Å². The topological polar surface area (TPSA) is 41.6 Å². The van der Waals surface area contributed by atoms with Crippen LogP contribution in [0.5, 0.6) is 5.75 Å². The zero-order chi connectivity index (χ0) is 14.6. The molecule has 1 N–H and O–H groups in total. The number of likely N-dealkylation sites (N-methyl/N-ethyl adjacent to an activating group) is 1. The molecule has 1 amide bonds. The van der Waals surface area contributed by atoms with Gasteiger partial charge in [-0.1, -0.05) is 17.7 Å². The fourth-order valence-corrected chi connectivity index (χ4v) is 2.60. The zero-order valence-corrected chi connectivity index (χ0v) is 12.7. The smallest absolute Gasteiger partial charge is 0.229 e. The first-order valence-corrected chi connectivity index (χ1v) is 7.24. The third-order valence-electron chi connectivity index (χ3n) is 3.72. The number of nitrogens with zero attached hydrogens (tertiary/aromatic N) is 1. The van der Waals surface area contributed by atoms with Gasteiger partial charge < -0.3 is 15.0 Å². The number of benzene rings is 1. The summed E-state index contributed by atoms with van der Waals surface area (Å²) < 4.78 is 5.61. The Kier molecular flexibility index (Phi) is 4.89. The molecule has 1 saturated heterocycles. The highest BCUT2D eigenvalue weighted by atomic mass is 35.5. The minimum absolute atomic E-state index is 0.178. The van der Waals surface area contributed by atoms with Gasteiger partial charge in [-0.2, -0.15) is 0 Å². The van der Waals surface area contributed by atoms with Crippen molar-refractivity contribution < 1.29 is 9.53 Å². The van der Waals surface area contributed by atoms with Gasteiger partial charge in [0.2, 0.25) is 5.91 Å². The number of carbonyl (C=O) groups excluding carboxylic acids is 1. The number of nitrogens with one attached hydrogen (secondary N) is 1. The Hall–Kier alpha value is -1.26. The van der Waals surface area contributed by atoms with Crippen molar-refractivity contribution in [2.75, 3.05) is 33.3 Å². The number of amides is 1. The Morgan fingerprint density at radius 2 is 2.35 bits per heavy atom. The summed E-state index contributed by atoms with van der Waals surface area (Å²) in [5.41, 5.74) is -0.273. The molecule has 5 heteroatoms.